The number of hydrogen-bond donors (Lipinski definition) is 2. The molecule has 2 N–H and O–H groups in total. The lowest BCUT2D eigenvalue weighted by molar-refractivity contribution is 0.267. The fraction of sp³-hybridized carbons (Fsp3) is 0.368. The number of ether oxygens (including phenoxy) is 1. The first kappa shape index (κ1) is 14.9. The van der Waals surface area contributed by atoms with Crippen LogP contribution in [0.4, 0.5) is 5.69 Å². The normalized spacial score (nSPS) is 15.4. The Morgan fingerprint density at radius 1 is 1.18 bits per heavy atom. The van der Waals surface area contributed by atoms with E-state index in [1.54, 1.807) is 0 Å². The van der Waals surface area contributed by atoms with Crippen molar-refractivity contribution in [1.29, 1.82) is 0 Å². The van der Waals surface area contributed by atoms with E-state index in [1.165, 1.54) is 18.4 Å². The average Bonchev–Trinajstić information content (AvgIpc) is 3.39. The van der Waals surface area contributed by atoms with E-state index in [0.717, 1.165) is 17.0 Å². The Balaban J connectivity index is 1.81. The molecule has 0 saturated heterocycles. The summed E-state index contributed by atoms with van der Waals surface area (Å²) >= 11 is 0. The molecule has 0 bridgehead atoms. The maximum absolute atomic E-state index is 9.53. The second-order valence-electron chi connectivity index (χ2n) is 5.78. The Kier molecular flexibility index (Phi) is 4.64. The molecule has 0 radical (unpaired) electrons. The molecule has 0 aliphatic heterocycles. The van der Waals surface area contributed by atoms with Crippen molar-refractivity contribution in [1.82, 2.24) is 0 Å². The van der Waals surface area contributed by atoms with Crippen molar-refractivity contribution in [2.24, 2.45) is 5.92 Å². The van der Waals surface area contributed by atoms with Gasteiger partial charge in [0.25, 0.3) is 0 Å². The van der Waals surface area contributed by atoms with Crippen LogP contribution < -0.4 is 10.1 Å². The highest BCUT2D eigenvalue weighted by Crippen LogP contribution is 2.43. The number of aliphatic hydroxyl groups is 1. The van der Waals surface area contributed by atoms with Crippen molar-refractivity contribution in [3.8, 4) is 5.75 Å². The molecule has 0 heterocycles. The van der Waals surface area contributed by atoms with E-state index in [0.29, 0.717) is 18.6 Å². The lowest BCUT2D eigenvalue weighted by atomic mass is 10.0. The quantitative estimate of drug-likeness (QED) is 0.807. The summed E-state index contributed by atoms with van der Waals surface area (Å²) < 4.78 is 5.54. The van der Waals surface area contributed by atoms with Gasteiger partial charge in [0.2, 0.25) is 0 Å². The molecule has 3 nitrogen and oxygen atoms in total. The Labute approximate surface area is 131 Å². The SMILES string of the molecule is CCOc1ccc(NC(c2ccccc2)C2CC2)cc1CO. The summed E-state index contributed by atoms with van der Waals surface area (Å²) in [6.07, 6.45) is 2.55. The molecule has 0 spiro atoms. The molecule has 1 unspecified atom stereocenters. The van der Waals surface area contributed by atoms with Crippen LogP contribution in [0.5, 0.6) is 5.75 Å². The third-order valence-corrected chi connectivity index (χ3v) is 4.10. The van der Waals surface area contributed by atoms with Gasteiger partial charge in [-0.2, -0.15) is 0 Å². The number of aliphatic hydroxyl groups excluding tert-OH is 1. The monoisotopic (exact) mass is 297 g/mol. The van der Waals surface area contributed by atoms with Gasteiger partial charge in [0.05, 0.1) is 19.3 Å². The first-order chi connectivity index (χ1) is 10.8. The second kappa shape index (κ2) is 6.84. The molecule has 22 heavy (non-hydrogen) atoms. The van der Waals surface area contributed by atoms with E-state index in [1.807, 2.05) is 31.2 Å². The third-order valence-electron chi connectivity index (χ3n) is 4.10. The average molecular weight is 297 g/mol. The summed E-state index contributed by atoms with van der Waals surface area (Å²) in [5, 5.41) is 13.2. The molecular formula is C19H23NO2. The summed E-state index contributed by atoms with van der Waals surface area (Å²) in [7, 11) is 0. The number of nitrogens with one attached hydrogen (secondary N) is 1. The van der Waals surface area contributed by atoms with E-state index in [2.05, 4.69) is 29.6 Å². The minimum absolute atomic E-state index is 0.00964. The molecule has 3 rings (SSSR count). The molecule has 1 saturated carbocycles. The standard InChI is InChI=1S/C19H23NO2/c1-2-22-18-11-10-17(12-16(18)13-21)20-19(15-8-9-15)14-6-4-3-5-7-14/h3-7,10-12,15,19-21H,2,8-9,13H2,1H3. The van der Waals surface area contributed by atoms with Crippen molar-refractivity contribution in [3.05, 3.63) is 59.7 Å². The zero-order valence-corrected chi connectivity index (χ0v) is 13.0. The minimum atomic E-state index is -0.00964. The van der Waals surface area contributed by atoms with E-state index < -0.39 is 0 Å². The Morgan fingerprint density at radius 3 is 2.59 bits per heavy atom. The van der Waals surface area contributed by atoms with Gasteiger partial charge >= 0.3 is 0 Å². The number of hydrogen-bond acceptors (Lipinski definition) is 3. The highest BCUT2D eigenvalue weighted by molar-refractivity contribution is 5.52. The van der Waals surface area contributed by atoms with Crippen LogP contribution in [0.15, 0.2) is 48.5 Å². The van der Waals surface area contributed by atoms with Crippen LogP contribution in [0.1, 0.15) is 36.9 Å². The predicted molar refractivity (Wildman–Crippen MR) is 89.1 cm³/mol. The van der Waals surface area contributed by atoms with Crippen LogP contribution >= 0.6 is 0 Å². The van der Waals surface area contributed by atoms with Crippen LogP contribution in [-0.4, -0.2) is 11.7 Å². The molecule has 0 amide bonds. The molecular weight excluding hydrogens is 274 g/mol. The van der Waals surface area contributed by atoms with Gasteiger partial charge in [0.1, 0.15) is 5.75 Å². The topological polar surface area (TPSA) is 41.5 Å². The van der Waals surface area contributed by atoms with Crippen LogP contribution in [-0.2, 0) is 6.61 Å². The van der Waals surface area contributed by atoms with Crippen LogP contribution in [0.3, 0.4) is 0 Å². The van der Waals surface area contributed by atoms with E-state index in [9.17, 15) is 5.11 Å². The van der Waals surface area contributed by atoms with Gasteiger partial charge in [-0.25, -0.2) is 0 Å². The number of rotatable bonds is 7. The maximum Gasteiger partial charge on any atom is 0.124 e. The maximum atomic E-state index is 9.53. The van der Waals surface area contributed by atoms with Crippen molar-refractivity contribution in [3.63, 3.8) is 0 Å². The van der Waals surface area contributed by atoms with E-state index in [-0.39, 0.29) is 6.61 Å². The Bertz CT molecular complexity index is 608. The highest BCUT2D eigenvalue weighted by Gasteiger charge is 2.32. The zero-order chi connectivity index (χ0) is 15.4. The lowest BCUT2D eigenvalue weighted by Crippen LogP contribution is -2.13. The lowest BCUT2D eigenvalue weighted by Gasteiger charge is -2.21. The predicted octanol–water partition coefficient (Wildman–Crippen LogP) is 4.14. The molecule has 116 valence electrons. The fourth-order valence-electron chi connectivity index (χ4n) is 2.83. The first-order valence-corrected chi connectivity index (χ1v) is 8.00. The Morgan fingerprint density at radius 2 is 1.95 bits per heavy atom. The molecule has 1 atom stereocenters. The van der Waals surface area contributed by atoms with Crippen LogP contribution in [0.25, 0.3) is 0 Å². The molecule has 1 aliphatic rings. The highest BCUT2D eigenvalue weighted by atomic mass is 16.5. The van der Waals surface area contributed by atoms with Crippen LogP contribution in [0, 0.1) is 5.92 Å². The first-order valence-electron chi connectivity index (χ1n) is 8.00. The van der Waals surface area contributed by atoms with Gasteiger partial charge in [-0.05, 0) is 49.4 Å². The van der Waals surface area contributed by atoms with Gasteiger partial charge < -0.3 is 15.2 Å². The van der Waals surface area contributed by atoms with Crippen molar-refractivity contribution in [2.45, 2.75) is 32.4 Å². The van der Waals surface area contributed by atoms with Crippen LogP contribution in [0.2, 0.25) is 0 Å². The largest absolute Gasteiger partial charge is 0.494 e. The summed E-state index contributed by atoms with van der Waals surface area (Å²) in [5.41, 5.74) is 3.19. The number of anilines is 1. The number of benzene rings is 2. The van der Waals surface area contributed by atoms with Gasteiger partial charge in [0.15, 0.2) is 0 Å². The molecule has 2 aromatic carbocycles. The summed E-state index contributed by atoms with van der Waals surface area (Å²) in [5.74, 6) is 1.46. The second-order valence-corrected chi connectivity index (χ2v) is 5.78. The molecule has 3 heteroatoms. The molecule has 2 aromatic rings. The zero-order valence-electron chi connectivity index (χ0n) is 13.0. The molecule has 1 fully saturated rings. The van der Waals surface area contributed by atoms with E-state index >= 15 is 0 Å². The Hall–Kier alpha value is -2.00. The van der Waals surface area contributed by atoms with Gasteiger partial charge in [-0.15, -0.1) is 0 Å². The van der Waals surface area contributed by atoms with Gasteiger partial charge in [0, 0.05) is 11.3 Å². The summed E-state index contributed by atoms with van der Waals surface area (Å²) in [6, 6.07) is 16.9. The van der Waals surface area contributed by atoms with Gasteiger partial charge in [-0.1, -0.05) is 30.3 Å². The van der Waals surface area contributed by atoms with Crippen molar-refractivity contribution < 1.29 is 9.84 Å². The minimum Gasteiger partial charge on any atom is -0.494 e. The molecule has 0 aromatic heterocycles. The molecule has 1 aliphatic carbocycles. The summed E-state index contributed by atoms with van der Waals surface area (Å²) in [6.45, 7) is 2.55. The van der Waals surface area contributed by atoms with Crippen molar-refractivity contribution >= 4 is 5.69 Å². The third kappa shape index (κ3) is 3.42. The summed E-state index contributed by atoms with van der Waals surface area (Å²) in [4.78, 5) is 0. The smallest absolute Gasteiger partial charge is 0.124 e. The van der Waals surface area contributed by atoms with Crippen molar-refractivity contribution in [2.75, 3.05) is 11.9 Å². The van der Waals surface area contributed by atoms with E-state index in [4.69, 9.17) is 4.74 Å². The fourth-order valence-corrected chi connectivity index (χ4v) is 2.83. The van der Waals surface area contributed by atoms with Gasteiger partial charge in [-0.3, -0.25) is 0 Å².